The van der Waals surface area contributed by atoms with Gasteiger partial charge in [-0.3, -0.25) is 9.80 Å². The first-order valence-corrected chi connectivity index (χ1v) is 7.80. The van der Waals surface area contributed by atoms with E-state index in [1.807, 2.05) is 12.1 Å². The third kappa shape index (κ3) is 3.20. The van der Waals surface area contributed by atoms with Crippen molar-refractivity contribution in [2.24, 2.45) is 0 Å². The Hall–Kier alpha value is -1.37. The van der Waals surface area contributed by atoms with E-state index >= 15 is 0 Å². The molecular formula is C17H23N3. The fourth-order valence-electron chi connectivity index (χ4n) is 3.52. The molecule has 3 heteroatoms. The van der Waals surface area contributed by atoms with Gasteiger partial charge in [-0.1, -0.05) is 12.1 Å². The maximum atomic E-state index is 8.84. The zero-order valence-corrected chi connectivity index (χ0v) is 12.1. The lowest BCUT2D eigenvalue weighted by atomic mass is 10.0. The molecule has 106 valence electrons. The fourth-order valence-corrected chi connectivity index (χ4v) is 3.52. The van der Waals surface area contributed by atoms with Crippen molar-refractivity contribution in [2.75, 3.05) is 26.2 Å². The normalized spacial score (nSPS) is 24.6. The number of nitrogens with zero attached hydrogens (tertiary/aromatic N) is 3. The van der Waals surface area contributed by atoms with Crippen LogP contribution in [0.25, 0.3) is 0 Å². The molecule has 2 fully saturated rings. The molecule has 0 spiro atoms. The summed E-state index contributed by atoms with van der Waals surface area (Å²) in [5.74, 6) is 0. The number of hydrogen-bond acceptors (Lipinski definition) is 3. The summed E-state index contributed by atoms with van der Waals surface area (Å²) in [4.78, 5) is 5.26. The van der Waals surface area contributed by atoms with Gasteiger partial charge in [-0.25, -0.2) is 0 Å². The van der Waals surface area contributed by atoms with Crippen molar-refractivity contribution >= 4 is 0 Å². The minimum absolute atomic E-state index is 0.752. The molecule has 0 unspecified atom stereocenters. The lowest BCUT2D eigenvalue weighted by Crippen LogP contribution is -2.46. The highest BCUT2D eigenvalue weighted by atomic mass is 15.2. The zero-order valence-electron chi connectivity index (χ0n) is 12.1. The number of hydrogen-bond donors (Lipinski definition) is 0. The zero-order chi connectivity index (χ0) is 13.8. The van der Waals surface area contributed by atoms with Crippen LogP contribution in [0.3, 0.4) is 0 Å². The lowest BCUT2D eigenvalue weighted by molar-refractivity contribution is 0.110. The summed E-state index contributed by atoms with van der Waals surface area (Å²) in [6.07, 6.45) is 5.44. The Kier molecular flexibility index (Phi) is 4.34. The van der Waals surface area contributed by atoms with Crippen molar-refractivity contribution < 1.29 is 0 Å². The van der Waals surface area contributed by atoms with Crippen molar-refractivity contribution in [3.63, 3.8) is 0 Å². The van der Waals surface area contributed by atoms with E-state index in [0.29, 0.717) is 0 Å². The van der Waals surface area contributed by atoms with Crippen LogP contribution in [0.5, 0.6) is 0 Å². The maximum absolute atomic E-state index is 8.84. The monoisotopic (exact) mass is 269 g/mol. The Labute approximate surface area is 121 Å². The molecular weight excluding hydrogens is 246 g/mol. The molecule has 20 heavy (non-hydrogen) atoms. The highest BCUT2D eigenvalue weighted by Gasteiger charge is 2.26. The topological polar surface area (TPSA) is 30.3 Å². The van der Waals surface area contributed by atoms with Crippen molar-refractivity contribution in [1.29, 1.82) is 5.26 Å². The molecule has 0 bridgehead atoms. The molecule has 0 amide bonds. The summed E-state index contributed by atoms with van der Waals surface area (Å²) in [5.41, 5.74) is 2.08. The number of benzene rings is 1. The SMILES string of the molecule is N#Cc1ccc(CN2CCC[C@@H](N3CCCC3)C2)cc1. The highest BCUT2D eigenvalue weighted by molar-refractivity contribution is 5.31. The van der Waals surface area contributed by atoms with Crippen LogP contribution >= 0.6 is 0 Å². The Balaban J connectivity index is 1.57. The fraction of sp³-hybridized carbons (Fsp3) is 0.588. The van der Waals surface area contributed by atoms with Crippen LogP contribution in [0.4, 0.5) is 0 Å². The van der Waals surface area contributed by atoms with E-state index in [9.17, 15) is 0 Å². The van der Waals surface area contributed by atoms with Gasteiger partial charge in [0.05, 0.1) is 11.6 Å². The Morgan fingerprint density at radius 1 is 1.05 bits per heavy atom. The number of piperidine rings is 1. The molecule has 3 rings (SSSR count). The van der Waals surface area contributed by atoms with Crippen molar-refractivity contribution in [3.05, 3.63) is 35.4 Å². The maximum Gasteiger partial charge on any atom is 0.0991 e. The molecule has 0 saturated carbocycles. The molecule has 2 heterocycles. The van der Waals surface area contributed by atoms with Crippen molar-refractivity contribution in [2.45, 2.75) is 38.3 Å². The molecule has 3 nitrogen and oxygen atoms in total. The van der Waals surface area contributed by atoms with Gasteiger partial charge in [0.1, 0.15) is 0 Å². The molecule has 1 aromatic rings. The Morgan fingerprint density at radius 3 is 2.50 bits per heavy atom. The molecule has 0 aliphatic carbocycles. The standard InChI is InChI=1S/C17H23N3/c18-12-15-5-7-16(8-6-15)13-19-9-3-4-17(14-19)20-10-1-2-11-20/h5-8,17H,1-4,9-11,13-14H2/t17-/m1/s1. The van der Waals surface area contributed by atoms with E-state index in [2.05, 4.69) is 28.0 Å². The summed E-state index contributed by atoms with van der Waals surface area (Å²) in [6, 6.07) is 11.0. The molecule has 0 N–H and O–H groups in total. The lowest BCUT2D eigenvalue weighted by Gasteiger charge is -2.37. The summed E-state index contributed by atoms with van der Waals surface area (Å²) in [7, 11) is 0. The van der Waals surface area contributed by atoms with Crippen LogP contribution in [0, 0.1) is 11.3 Å². The van der Waals surface area contributed by atoms with Gasteiger partial charge >= 0.3 is 0 Å². The number of likely N-dealkylation sites (tertiary alicyclic amines) is 2. The van der Waals surface area contributed by atoms with E-state index in [0.717, 1.165) is 18.2 Å². The smallest absolute Gasteiger partial charge is 0.0991 e. The first kappa shape index (κ1) is 13.6. The van der Waals surface area contributed by atoms with Gasteiger partial charge in [-0.05, 0) is 63.0 Å². The van der Waals surface area contributed by atoms with Gasteiger partial charge in [0.2, 0.25) is 0 Å². The van der Waals surface area contributed by atoms with Crippen LogP contribution in [-0.2, 0) is 6.54 Å². The van der Waals surface area contributed by atoms with E-state index in [-0.39, 0.29) is 0 Å². The van der Waals surface area contributed by atoms with E-state index in [4.69, 9.17) is 5.26 Å². The minimum atomic E-state index is 0.752. The number of nitriles is 1. The summed E-state index contributed by atoms with van der Waals surface area (Å²) < 4.78 is 0. The van der Waals surface area contributed by atoms with Gasteiger partial charge < -0.3 is 0 Å². The summed E-state index contributed by atoms with van der Waals surface area (Å²) in [6.45, 7) is 6.05. The van der Waals surface area contributed by atoms with Gasteiger partial charge in [0.25, 0.3) is 0 Å². The van der Waals surface area contributed by atoms with Crippen LogP contribution in [-0.4, -0.2) is 42.0 Å². The second-order valence-corrected chi connectivity index (χ2v) is 6.08. The molecule has 1 aromatic carbocycles. The summed E-state index contributed by atoms with van der Waals surface area (Å²) >= 11 is 0. The van der Waals surface area contributed by atoms with Gasteiger partial charge in [0.15, 0.2) is 0 Å². The van der Waals surface area contributed by atoms with Gasteiger partial charge in [-0.2, -0.15) is 5.26 Å². The van der Waals surface area contributed by atoms with E-state index in [1.54, 1.807) is 0 Å². The second kappa shape index (κ2) is 6.39. The highest BCUT2D eigenvalue weighted by Crippen LogP contribution is 2.21. The van der Waals surface area contributed by atoms with Crippen LogP contribution in [0.15, 0.2) is 24.3 Å². The molecule has 2 aliphatic rings. The van der Waals surface area contributed by atoms with Crippen LogP contribution < -0.4 is 0 Å². The van der Waals surface area contributed by atoms with Crippen LogP contribution in [0.2, 0.25) is 0 Å². The van der Waals surface area contributed by atoms with Gasteiger partial charge in [0, 0.05) is 19.1 Å². The first-order chi connectivity index (χ1) is 9.85. The number of rotatable bonds is 3. The van der Waals surface area contributed by atoms with Crippen molar-refractivity contribution in [3.8, 4) is 6.07 Å². The predicted molar refractivity (Wildman–Crippen MR) is 80.3 cm³/mol. The second-order valence-electron chi connectivity index (χ2n) is 6.08. The van der Waals surface area contributed by atoms with Crippen LogP contribution in [0.1, 0.15) is 36.8 Å². The van der Waals surface area contributed by atoms with E-state index < -0.39 is 0 Å². The molecule has 2 aliphatic heterocycles. The largest absolute Gasteiger partial charge is 0.299 e. The molecule has 0 aromatic heterocycles. The predicted octanol–water partition coefficient (Wildman–Crippen LogP) is 2.62. The quantitative estimate of drug-likeness (QED) is 0.845. The third-order valence-electron chi connectivity index (χ3n) is 4.63. The average Bonchev–Trinajstić information content (AvgIpc) is 3.03. The molecule has 0 radical (unpaired) electrons. The average molecular weight is 269 g/mol. The van der Waals surface area contributed by atoms with Gasteiger partial charge in [-0.15, -0.1) is 0 Å². The third-order valence-corrected chi connectivity index (χ3v) is 4.63. The summed E-state index contributed by atoms with van der Waals surface area (Å²) in [5, 5.41) is 8.84. The van der Waals surface area contributed by atoms with E-state index in [1.165, 1.54) is 57.4 Å². The minimum Gasteiger partial charge on any atom is -0.299 e. The molecule has 2 saturated heterocycles. The Bertz CT molecular complexity index is 468. The molecule has 1 atom stereocenters. The Morgan fingerprint density at radius 2 is 1.80 bits per heavy atom. The van der Waals surface area contributed by atoms with Crippen molar-refractivity contribution in [1.82, 2.24) is 9.80 Å². The first-order valence-electron chi connectivity index (χ1n) is 7.80.